The molecule has 2 bridgehead atoms. The number of carboxylic acids is 1. The number of benzene rings is 2. The number of hydrogen-bond acceptors (Lipinski definition) is 11. The summed E-state index contributed by atoms with van der Waals surface area (Å²) in [6.07, 6.45) is -5.17. The molecule has 7 atom stereocenters. The van der Waals surface area contributed by atoms with Crippen molar-refractivity contribution in [1.29, 1.82) is 0 Å². The summed E-state index contributed by atoms with van der Waals surface area (Å²) in [6, 6.07) is 10.5. The molecule has 12 heteroatoms. The van der Waals surface area contributed by atoms with Crippen molar-refractivity contribution in [2.45, 2.75) is 60.7 Å². The topological polar surface area (TPSA) is 183 Å². The highest BCUT2D eigenvalue weighted by molar-refractivity contribution is 5.87. The third kappa shape index (κ3) is 3.86. The molecule has 2 aromatic carbocycles. The van der Waals surface area contributed by atoms with Gasteiger partial charge in [0.2, 0.25) is 6.10 Å². The summed E-state index contributed by atoms with van der Waals surface area (Å²) in [4.78, 5) is 39.2. The number of phenolic OH excluding ortho intramolecular Hbond substituents is 1. The van der Waals surface area contributed by atoms with Gasteiger partial charge in [-0.15, -0.1) is 0 Å². The number of aliphatic hydroxyl groups is 3. The van der Waals surface area contributed by atoms with Gasteiger partial charge in [0.05, 0.1) is 11.0 Å². The van der Waals surface area contributed by atoms with E-state index >= 15 is 0 Å². The molecule has 6 rings (SSSR count). The zero-order valence-corrected chi connectivity index (χ0v) is 22.0. The van der Waals surface area contributed by atoms with Crippen molar-refractivity contribution < 1.29 is 54.1 Å². The monoisotopic (exact) mass is 567 g/mol. The number of rotatable bonds is 7. The van der Waals surface area contributed by atoms with Gasteiger partial charge in [-0.25, -0.2) is 14.4 Å². The highest BCUT2D eigenvalue weighted by Crippen LogP contribution is 2.65. The van der Waals surface area contributed by atoms with Gasteiger partial charge in [0.25, 0.3) is 0 Å². The fraction of sp³-hybridized carbons (Fsp3) is 0.414. The van der Waals surface area contributed by atoms with Crippen LogP contribution in [0, 0.1) is 0 Å². The van der Waals surface area contributed by atoms with Gasteiger partial charge in [-0.3, -0.25) is 0 Å². The van der Waals surface area contributed by atoms with Crippen molar-refractivity contribution in [3.63, 3.8) is 0 Å². The molecule has 0 saturated carbocycles. The van der Waals surface area contributed by atoms with Crippen LogP contribution in [-0.2, 0) is 35.7 Å². The van der Waals surface area contributed by atoms with E-state index in [2.05, 4.69) is 4.90 Å². The zero-order valence-electron chi connectivity index (χ0n) is 22.0. The van der Waals surface area contributed by atoms with Gasteiger partial charge in [-0.2, -0.15) is 0 Å². The van der Waals surface area contributed by atoms with E-state index < -0.39 is 53.3 Å². The molecule has 4 aliphatic rings. The van der Waals surface area contributed by atoms with E-state index in [1.807, 2.05) is 7.05 Å². The van der Waals surface area contributed by atoms with Crippen LogP contribution < -0.4 is 4.74 Å². The van der Waals surface area contributed by atoms with Gasteiger partial charge >= 0.3 is 17.9 Å². The van der Waals surface area contributed by atoms with Crippen LogP contribution in [0.2, 0.25) is 0 Å². The number of ether oxygens (including phenoxy) is 3. The minimum atomic E-state index is -2.45. The maximum Gasteiger partial charge on any atom is 0.349 e. The summed E-state index contributed by atoms with van der Waals surface area (Å²) in [5, 5.41) is 53.1. The first-order valence-corrected chi connectivity index (χ1v) is 13.2. The number of carbonyl (C=O) groups is 3. The maximum atomic E-state index is 13.0. The van der Waals surface area contributed by atoms with E-state index in [1.165, 1.54) is 36.4 Å². The molecule has 5 N–H and O–H groups in total. The molecule has 0 radical (unpaired) electrons. The number of carbonyl (C=O) groups excluding carboxylic acids is 2. The number of esters is 2. The number of likely N-dealkylation sites (N-methyl/N-ethyl adjacent to an activating group) is 1. The van der Waals surface area contributed by atoms with E-state index in [9.17, 15) is 39.9 Å². The van der Waals surface area contributed by atoms with Crippen LogP contribution in [0.5, 0.6) is 11.5 Å². The van der Waals surface area contributed by atoms with Crippen molar-refractivity contribution in [3.8, 4) is 11.5 Å². The van der Waals surface area contributed by atoms with E-state index in [0.717, 1.165) is 5.56 Å². The first-order valence-electron chi connectivity index (χ1n) is 13.2. The molecule has 41 heavy (non-hydrogen) atoms. The Balaban J connectivity index is 1.24. The molecule has 216 valence electrons. The quantitative estimate of drug-likeness (QED) is 0.289. The van der Waals surface area contributed by atoms with Crippen molar-refractivity contribution in [3.05, 3.63) is 71.0 Å². The molecular formula is C29H29NO11. The van der Waals surface area contributed by atoms with Crippen molar-refractivity contribution in [2.24, 2.45) is 0 Å². The van der Waals surface area contributed by atoms with Crippen LogP contribution in [0.4, 0.5) is 0 Å². The Morgan fingerprint density at radius 3 is 2.49 bits per heavy atom. The normalized spacial score (nSPS) is 29.7. The summed E-state index contributed by atoms with van der Waals surface area (Å²) in [7, 11) is 1.93. The second-order valence-electron chi connectivity index (χ2n) is 11.0. The number of nitrogens with zero attached hydrogens (tertiary/aromatic N) is 1. The van der Waals surface area contributed by atoms with Crippen LogP contribution in [0.3, 0.4) is 0 Å². The largest absolute Gasteiger partial charge is 0.504 e. The first-order chi connectivity index (χ1) is 19.5. The molecule has 1 spiro atoms. The Labute approximate surface area is 234 Å². The summed E-state index contributed by atoms with van der Waals surface area (Å²) in [5.41, 5.74) is -0.679. The number of aromatic hydroxyl groups is 1. The van der Waals surface area contributed by atoms with Crippen LogP contribution in [0.15, 0.2) is 54.3 Å². The van der Waals surface area contributed by atoms with Gasteiger partial charge in [-0.1, -0.05) is 36.4 Å². The minimum absolute atomic E-state index is 0.0428. The number of phenols is 1. The minimum Gasteiger partial charge on any atom is -0.504 e. The smallest absolute Gasteiger partial charge is 0.349 e. The first kappa shape index (κ1) is 27.2. The summed E-state index contributed by atoms with van der Waals surface area (Å²) in [6.45, 7) is 0.599. The number of piperidine rings is 1. The predicted octanol–water partition coefficient (Wildman–Crippen LogP) is 0.304. The molecule has 2 aromatic rings. The Morgan fingerprint density at radius 1 is 1.07 bits per heavy atom. The number of aliphatic carboxylic acids is 1. The summed E-state index contributed by atoms with van der Waals surface area (Å²) >= 11 is 0. The molecule has 2 aliphatic carbocycles. The third-order valence-electron chi connectivity index (χ3n) is 8.91. The molecule has 0 aromatic heterocycles. The predicted molar refractivity (Wildman–Crippen MR) is 138 cm³/mol. The van der Waals surface area contributed by atoms with Gasteiger partial charge in [0, 0.05) is 23.6 Å². The maximum absolute atomic E-state index is 13.0. The highest BCUT2D eigenvalue weighted by atomic mass is 16.6. The molecule has 12 nitrogen and oxygen atoms in total. The molecule has 1 saturated heterocycles. The second-order valence-corrected chi connectivity index (χ2v) is 11.0. The fourth-order valence-electron chi connectivity index (χ4n) is 6.95. The van der Waals surface area contributed by atoms with Gasteiger partial charge in [0.1, 0.15) is 5.76 Å². The van der Waals surface area contributed by atoms with Crippen molar-refractivity contribution >= 4 is 17.9 Å². The van der Waals surface area contributed by atoms with Crippen molar-refractivity contribution in [2.75, 3.05) is 13.6 Å². The van der Waals surface area contributed by atoms with E-state index in [0.29, 0.717) is 24.9 Å². The standard InChI is InChI=1S/C29H29NO11/c1-30-12-11-28-19-15-7-8-16(31)23(19)40-24(28)17(9-10-29(28,38)18(30)13-15)39-26(36)20(32)21(33)27(37)41-22(25(34)35)14-5-3-2-4-6-14/h2-9,18,20-22,24,31-33,38H,10-13H2,1H3,(H,34,35)/t18-,20+,21+,22-,24-,28-,29+/m0/s1. The van der Waals surface area contributed by atoms with Crippen LogP contribution in [-0.4, -0.2) is 91.9 Å². The SMILES string of the molecule is CN1CC[C@]23c4c5ccc(O)c4O[C@H]2C(OC(=O)[C@H](O)[C@@H](O)C(=O)O[C@H](C(=O)O)c2ccccc2)=CC[C@@]3(O)[C@@H]1C5. The molecule has 0 unspecified atom stereocenters. The van der Waals surface area contributed by atoms with E-state index in [-0.39, 0.29) is 35.3 Å². The van der Waals surface area contributed by atoms with E-state index in [1.54, 1.807) is 12.1 Å². The second kappa shape index (κ2) is 9.55. The Bertz CT molecular complexity index is 1460. The lowest BCUT2D eigenvalue weighted by Gasteiger charge is -2.61. The molecular weight excluding hydrogens is 538 g/mol. The van der Waals surface area contributed by atoms with Gasteiger partial charge < -0.3 is 44.6 Å². The number of hydrogen-bond donors (Lipinski definition) is 5. The highest BCUT2D eigenvalue weighted by Gasteiger charge is 2.72. The zero-order chi connectivity index (χ0) is 29.3. The average molecular weight is 568 g/mol. The molecule has 2 aliphatic heterocycles. The van der Waals surface area contributed by atoms with Crippen LogP contribution in [0.1, 0.15) is 35.6 Å². The Morgan fingerprint density at radius 2 is 1.78 bits per heavy atom. The lowest BCUT2D eigenvalue weighted by molar-refractivity contribution is -0.183. The number of aliphatic hydroxyl groups excluding tert-OH is 2. The Kier molecular flexibility index (Phi) is 6.34. The lowest BCUT2D eigenvalue weighted by atomic mass is 9.50. The molecule has 1 fully saturated rings. The molecule has 2 heterocycles. The van der Waals surface area contributed by atoms with Gasteiger partial charge in [-0.05, 0) is 44.1 Å². The number of likely N-dealkylation sites (tertiary alicyclic amines) is 1. The molecule has 0 amide bonds. The summed E-state index contributed by atoms with van der Waals surface area (Å²) in [5.74, 6) is -4.43. The number of carboxylic acid groups (broad SMARTS) is 1. The van der Waals surface area contributed by atoms with E-state index in [4.69, 9.17) is 14.2 Å². The van der Waals surface area contributed by atoms with Crippen LogP contribution in [0.25, 0.3) is 0 Å². The third-order valence-corrected chi connectivity index (χ3v) is 8.91. The van der Waals surface area contributed by atoms with Crippen molar-refractivity contribution in [1.82, 2.24) is 4.90 Å². The van der Waals surface area contributed by atoms with Gasteiger partial charge in [0.15, 0.2) is 29.8 Å². The van der Waals surface area contributed by atoms with Crippen LogP contribution >= 0.6 is 0 Å². The lowest BCUT2D eigenvalue weighted by Crippen LogP contribution is -2.74. The average Bonchev–Trinajstić information content (AvgIpc) is 3.32. The Hall–Kier alpha value is -3.97. The summed E-state index contributed by atoms with van der Waals surface area (Å²) < 4.78 is 16.5. The fourth-order valence-corrected chi connectivity index (χ4v) is 6.95.